The van der Waals surface area contributed by atoms with Gasteiger partial charge in [0.15, 0.2) is 0 Å². The van der Waals surface area contributed by atoms with Crippen LogP contribution < -0.4 is 0 Å². The van der Waals surface area contributed by atoms with Crippen molar-refractivity contribution in [3.63, 3.8) is 0 Å². The summed E-state index contributed by atoms with van der Waals surface area (Å²) in [6, 6.07) is 0. The molecule has 114 valence electrons. The molecule has 2 rings (SSSR count). The summed E-state index contributed by atoms with van der Waals surface area (Å²) in [4.78, 5) is 14.5. The van der Waals surface area contributed by atoms with Crippen molar-refractivity contribution < 1.29 is 4.79 Å². The molecule has 0 aromatic carbocycles. The van der Waals surface area contributed by atoms with Gasteiger partial charge in [-0.25, -0.2) is 0 Å². The van der Waals surface area contributed by atoms with Gasteiger partial charge >= 0.3 is 0 Å². The van der Waals surface area contributed by atoms with Crippen LogP contribution in [0.15, 0.2) is 12.2 Å². The van der Waals surface area contributed by atoms with Gasteiger partial charge in [-0.2, -0.15) is 0 Å². The predicted molar refractivity (Wildman–Crippen MR) is 84.5 cm³/mol. The lowest BCUT2D eigenvalue weighted by molar-refractivity contribution is -0.133. The Bertz CT molecular complexity index is 358. The second-order valence-electron chi connectivity index (χ2n) is 7.05. The van der Waals surface area contributed by atoms with E-state index < -0.39 is 0 Å². The van der Waals surface area contributed by atoms with Crippen molar-refractivity contribution in [1.29, 1.82) is 0 Å². The number of amides is 1. The van der Waals surface area contributed by atoms with Crippen molar-refractivity contribution in [3.05, 3.63) is 12.2 Å². The Balaban J connectivity index is 1.78. The third-order valence-electron chi connectivity index (χ3n) is 4.91. The third-order valence-corrected chi connectivity index (χ3v) is 4.91. The minimum Gasteiger partial charge on any atom is -0.342 e. The van der Waals surface area contributed by atoms with Crippen LogP contribution in [0.5, 0.6) is 0 Å². The van der Waals surface area contributed by atoms with Gasteiger partial charge in [0.2, 0.25) is 5.91 Å². The number of hydrogen-bond acceptors (Lipinski definition) is 1. The van der Waals surface area contributed by atoms with Crippen LogP contribution in [0.25, 0.3) is 0 Å². The van der Waals surface area contributed by atoms with Crippen LogP contribution >= 0.6 is 0 Å². The molecule has 0 saturated heterocycles. The van der Waals surface area contributed by atoms with E-state index in [0.29, 0.717) is 17.2 Å². The summed E-state index contributed by atoms with van der Waals surface area (Å²) in [5.74, 6) is 1.63. The largest absolute Gasteiger partial charge is 0.342 e. The topological polar surface area (TPSA) is 20.3 Å². The highest BCUT2D eigenvalue weighted by molar-refractivity contribution is 5.81. The Hall–Kier alpha value is -0.790. The summed E-state index contributed by atoms with van der Waals surface area (Å²) >= 11 is 0. The molecule has 20 heavy (non-hydrogen) atoms. The number of rotatable bonds is 9. The lowest BCUT2D eigenvalue weighted by atomic mass is 10.0. The summed E-state index contributed by atoms with van der Waals surface area (Å²) < 4.78 is 0. The zero-order chi connectivity index (χ0) is 14.6. The number of nitrogens with zero attached hydrogens (tertiary/aromatic N) is 1. The molecule has 2 atom stereocenters. The summed E-state index contributed by atoms with van der Waals surface area (Å²) in [5, 5.41) is 0. The molecular formula is C18H31NO. The van der Waals surface area contributed by atoms with E-state index in [-0.39, 0.29) is 0 Å². The number of allylic oxidation sites excluding steroid dienone is 2. The van der Waals surface area contributed by atoms with Crippen LogP contribution in [0.3, 0.4) is 0 Å². The van der Waals surface area contributed by atoms with Crippen molar-refractivity contribution in [3.8, 4) is 0 Å². The van der Waals surface area contributed by atoms with E-state index in [1.807, 2.05) is 0 Å². The molecule has 0 aromatic heterocycles. The average Bonchev–Trinajstić information content (AvgIpc) is 3.31. The molecule has 0 radical (unpaired) electrons. The van der Waals surface area contributed by atoms with Crippen molar-refractivity contribution in [2.75, 3.05) is 13.1 Å². The minimum atomic E-state index is 0.370. The molecule has 2 unspecified atom stereocenters. The van der Waals surface area contributed by atoms with Gasteiger partial charge in [-0.3, -0.25) is 4.79 Å². The fourth-order valence-corrected chi connectivity index (χ4v) is 3.29. The molecule has 2 nitrogen and oxygen atoms in total. The Morgan fingerprint density at radius 3 is 2.65 bits per heavy atom. The van der Waals surface area contributed by atoms with Gasteiger partial charge in [-0.1, -0.05) is 32.9 Å². The van der Waals surface area contributed by atoms with Gasteiger partial charge < -0.3 is 4.90 Å². The first-order chi connectivity index (χ1) is 9.60. The van der Waals surface area contributed by atoms with Crippen molar-refractivity contribution in [2.45, 2.75) is 65.7 Å². The smallest absolute Gasteiger partial charge is 0.225 e. The minimum absolute atomic E-state index is 0.370. The molecule has 2 heteroatoms. The van der Waals surface area contributed by atoms with Crippen LogP contribution in [0.4, 0.5) is 0 Å². The van der Waals surface area contributed by atoms with Gasteiger partial charge in [0, 0.05) is 19.0 Å². The quantitative estimate of drug-likeness (QED) is 0.572. The summed E-state index contributed by atoms with van der Waals surface area (Å²) in [6.07, 6.45) is 12.9. The highest BCUT2D eigenvalue weighted by Crippen LogP contribution is 2.55. The second-order valence-corrected chi connectivity index (χ2v) is 7.05. The standard InChI is InChI=1S/C18H31NO/c1-4-6-7-8-9-16-13-18(16,3)14-19(12-5-2)17(20)15-10-11-15/h6-7,15-16H,4-5,8-14H2,1-3H3. The van der Waals surface area contributed by atoms with Crippen molar-refractivity contribution in [2.24, 2.45) is 17.3 Å². The summed E-state index contributed by atoms with van der Waals surface area (Å²) in [7, 11) is 0. The summed E-state index contributed by atoms with van der Waals surface area (Å²) in [6.45, 7) is 8.69. The number of carbonyl (C=O) groups excluding carboxylic acids is 1. The van der Waals surface area contributed by atoms with E-state index in [9.17, 15) is 4.79 Å². The lowest BCUT2D eigenvalue weighted by Gasteiger charge is -2.26. The molecule has 0 aliphatic heterocycles. The van der Waals surface area contributed by atoms with Gasteiger partial charge in [-0.05, 0) is 56.3 Å². The van der Waals surface area contributed by atoms with Crippen molar-refractivity contribution in [1.82, 2.24) is 4.90 Å². The maximum atomic E-state index is 12.3. The van der Waals surface area contributed by atoms with Gasteiger partial charge in [-0.15, -0.1) is 0 Å². The Labute approximate surface area is 124 Å². The molecular weight excluding hydrogens is 246 g/mol. The molecule has 2 aliphatic rings. The predicted octanol–water partition coefficient (Wildman–Crippen LogP) is 4.41. The van der Waals surface area contributed by atoms with Crippen LogP contribution in [0.1, 0.15) is 65.7 Å². The van der Waals surface area contributed by atoms with Crippen LogP contribution in [0.2, 0.25) is 0 Å². The highest BCUT2D eigenvalue weighted by Gasteiger charge is 2.50. The van der Waals surface area contributed by atoms with Crippen LogP contribution in [-0.2, 0) is 4.79 Å². The molecule has 2 saturated carbocycles. The van der Waals surface area contributed by atoms with Crippen LogP contribution in [-0.4, -0.2) is 23.9 Å². The SMILES string of the molecule is CCC=CCCC1CC1(C)CN(CCC)C(=O)C1CC1. The first-order valence-electron chi connectivity index (χ1n) is 8.54. The molecule has 0 heterocycles. The van der Waals surface area contributed by atoms with Crippen molar-refractivity contribution >= 4 is 5.91 Å². The van der Waals surface area contributed by atoms with E-state index in [1.54, 1.807) is 0 Å². The van der Waals surface area contributed by atoms with Gasteiger partial charge in [0.25, 0.3) is 0 Å². The maximum Gasteiger partial charge on any atom is 0.225 e. The van der Waals surface area contributed by atoms with E-state index >= 15 is 0 Å². The molecule has 0 bridgehead atoms. The first-order valence-corrected chi connectivity index (χ1v) is 8.54. The molecule has 1 amide bonds. The lowest BCUT2D eigenvalue weighted by Crippen LogP contribution is -2.37. The third kappa shape index (κ3) is 4.10. The summed E-state index contributed by atoms with van der Waals surface area (Å²) in [5.41, 5.74) is 0.403. The van der Waals surface area contributed by atoms with E-state index in [1.165, 1.54) is 19.3 Å². The number of hydrogen-bond donors (Lipinski definition) is 0. The molecule has 2 aliphatic carbocycles. The zero-order valence-electron chi connectivity index (χ0n) is 13.5. The monoisotopic (exact) mass is 277 g/mol. The molecule has 0 spiro atoms. The Morgan fingerprint density at radius 1 is 1.30 bits per heavy atom. The highest BCUT2D eigenvalue weighted by atomic mass is 16.2. The molecule has 0 aromatic rings. The average molecular weight is 277 g/mol. The van der Waals surface area contributed by atoms with Gasteiger partial charge in [0.1, 0.15) is 0 Å². The van der Waals surface area contributed by atoms with Gasteiger partial charge in [0.05, 0.1) is 0 Å². The van der Waals surface area contributed by atoms with E-state index in [2.05, 4.69) is 37.8 Å². The fourth-order valence-electron chi connectivity index (χ4n) is 3.29. The fraction of sp³-hybridized carbons (Fsp3) is 0.833. The maximum absolute atomic E-state index is 12.3. The van der Waals surface area contributed by atoms with E-state index in [4.69, 9.17) is 0 Å². The molecule has 0 N–H and O–H groups in total. The van der Waals surface area contributed by atoms with Crippen LogP contribution in [0, 0.1) is 17.3 Å². The zero-order valence-corrected chi connectivity index (χ0v) is 13.5. The second kappa shape index (κ2) is 6.78. The first kappa shape index (κ1) is 15.6. The number of carbonyl (C=O) groups is 1. The normalized spacial score (nSPS) is 28.9. The van der Waals surface area contributed by atoms with E-state index in [0.717, 1.165) is 44.7 Å². The molecule has 2 fully saturated rings. The Morgan fingerprint density at radius 2 is 2.05 bits per heavy atom. The Kier molecular flexibility index (Phi) is 5.29.